The predicted octanol–water partition coefficient (Wildman–Crippen LogP) is 1.40. The highest BCUT2D eigenvalue weighted by Gasteiger charge is 2.12. The van der Waals surface area contributed by atoms with E-state index in [2.05, 4.69) is 5.32 Å². The number of carboxylic acid groups (broad SMARTS) is 1. The Labute approximate surface area is 111 Å². The van der Waals surface area contributed by atoms with Crippen molar-refractivity contribution in [2.24, 2.45) is 0 Å². The number of nitrogens with zero attached hydrogens (tertiary/aromatic N) is 1. The van der Waals surface area contributed by atoms with Crippen molar-refractivity contribution < 1.29 is 19.4 Å². The fraction of sp³-hybridized carbons (Fsp3) is 0.231. The Bertz CT molecular complexity index is 469. The minimum absolute atomic E-state index is 0.0849. The summed E-state index contributed by atoms with van der Waals surface area (Å²) in [6.45, 7) is 0.0849. The van der Waals surface area contributed by atoms with E-state index >= 15 is 0 Å². The highest BCUT2D eigenvalue weighted by molar-refractivity contribution is 5.90. The molecule has 0 aromatic heterocycles. The van der Waals surface area contributed by atoms with Crippen LogP contribution in [0.4, 0.5) is 4.79 Å². The molecule has 6 nitrogen and oxygen atoms in total. The Balaban J connectivity index is 2.52. The van der Waals surface area contributed by atoms with Gasteiger partial charge in [-0.1, -0.05) is 30.3 Å². The maximum atomic E-state index is 11.5. The van der Waals surface area contributed by atoms with Gasteiger partial charge in [0, 0.05) is 20.3 Å². The lowest BCUT2D eigenvalue weighted by molar-refractivity contribution is -0.133. The summed E-state index contributed by atoms with van der Waals surface area (Å²) in [6, 6.07) is 9.12. The van der Waals surface area contributed by atoms with E-state index < -0.39 is 12.1 Å². The number of amides is 1. The highest BCUT2D eigenvalue weighted by atomic mass is 16.5. The van der Waals surface area contributed by atoms with Gasteiger partial charge < -0.3 is 14.7 Å². The van der Waals surface area contributed by atoms with Crippen LogP contribution in [0.2, 0.25) is 0 Å². The van der Waals surface area contributed by atoms with Gasteiger partial charge in [-0.05, 0) is 5.56 Å². The van der Waals surface area contributed by atoms with Crippen molar-refractivity contribution in [3.8, 4) is 0 Å². The summed E-state index contributed by atoms with van der Waals surface area (Å²) in [5.41, 5.74) is 0.578. The van der Waals surface area contributed by atoms with Gasteiger partial charge in [0.1, 0.15) is 12.3 Å². The maximum Gasteiger partial charge on any atom is 0.412 e. The molecule has 1 amide bonds. The number of carbonyl (C=O) groups excluding carboxylic acids is 1. The number of ether oxygens (including phenoxy) is 1. The molecule has 0 saturated heterocycles. The van der Waals surface area contributed by atoms with Gasteiger partial charge >= 0.3 is 12.1 Å². The van der Waals surface area contributed by atoms with Crippen LogP contribution in [0.1, 0.15) is 5.56 Å². The minimum Gasteiger partial charge on any atom is -0.477 e. The Morgan fingerprint density at radius 1 is 1.32 bits per heavy atom. The highest BCUT2D eigenvalue weighted by Crippen LogP contribution is 2.01. The molecule has 2 N–H and O–H groups in total. The molecule has 0 fully saturated rings. The third-order valence-corrected chi connectivity index (χ3v) is 2.07. The number of aliphatic carboxylic acids is 1. The number of alkyl carbamates (subject to hydrolysis) is 1. The lowest BCUT2D eigenvalue weighted by Crippen LogP contribution is -2.29. The monoisotopic (exact) mass is 264 g/mol. The second-order valence-electron chi connectivity index (χ2n) is 4.00. The van der Waals surface area contributed by atoms with Crippen molar-refractivity contribution in [3.05, 3.63) is 47.8 Å². The van der Waals surface area contributed by atoms with Crippen LogP contribution in [0.25, 0.3) is 0 Å². The zero-order valence-corrected chi connectivity index (χ0v) is 10.8. The number of rotatable bonds is 5. The second-order valence-corrected chi connectivity index (χ2v) is 4.00. The van der Waals surface area contributed by atoms with Crippen LogP contribution in [-0.2, 0) is 16.1 Å². The summed E-state index contributed by atoms with van der Waals surface area (Å²) in [5.74, 6) is -1.23. The molecule has 1 aromatic rings. The molecule has 19 heavy (non-hydrogen) atoms. The largest absolute Gasteiger partial charge is 0.477 e. The molecule has 0 saturated carbocycles. The molecule has 0 aliphatic heterocycles. The summed E-state index contributed by atoms with van der Waals surface area (Å²) >= 11 is 0. The molecule has 6 heteroatoms. The molecule has 0 bridgehead atoms. The number of carboxylic acids is 1. The fourth-order valence-electron chi connectivity index (χ4n) is 1.27. The number of hydrogen-bond donors (Lipinski definition) is 2. The average molecular weight is 264 g/mol. The van der Waals surface area contributed by atoms with Crippen molar-refractivity contribution in [2.45, 2.75) is 6.61 Å². The van der Waals surface area contributed by atoms with E-state index in [1.807, 2.05) is 18.2 Å². The number of hydrogen-bond acceptors (Lipinski definition) is 4. The first-order chi connectivity index (χ1) is 8.99. The first-order valence-electron chi connectivity index (χ1n) is 5.58. The van der Waals surface area contributed by atoms with Crippen molar-refractivity contribution in [3.63, 3.8) is 0 Å². The zero-order valence-electron chi connectivity index (χ0n) is 10.8. The Hall–Kier alpha value is -2.50. The van der Waals surface area contributed by atoms with E-state index in [4.69, 9.17) is 9.84 Å². The summed E-state index contributed by atoms with van der Waals surface area (Å²) in [7, 11) is 3.31. The molecule has 0 heterocycles. The third kappa shape index (κ3) is 5.58. The molecule has 0 spiro atoms. The molecule has 1 aromatic carbocycles. The predicted molar refractivity (Wildman–Crippen MR) is 69.2 cm³/mol. The van der Waals surface area contributed by atoms with Crippen LogP contribution in [0.5, 0.6) is 0 Å². The SMILES string of the molecule is CN(C)/C=C(\NC(=O)OCc1ccccc1)C(=O)O. The lowest BCUT2D eigenvalue weighted by Gasteiger charge is -2.10. The number of carbonyl (C=O) groups is 2. The van der Waals surface area contributed by atoms with E-state index in [1.54, 1.807) is 26.2 Å². The molecular formula is C13H16N2O4. The Morgan fingerprint density at radius 3 is 2.47 bits per heavy atom. The molecule has 0 unspecified atom stereocenters. The molecule has 0 aliphatic rings. The molecule has 0 atom stereocenters. The standard InChI is InChI=1S/C13H16N2O4/c1-15(2)8-11(12(16)17)14-13(18)19-9-10-6-4-3-5-7-10/h3-8H,9H2,1-2H3,(H,14,18)(H,16,17)/b11-8-. The summed E-state index contributed by atoms with van der Waals surface area (Å²) in [6.07, 6.45) is 0.478. The lowest BCUT2D eigenvalue weighted by atomic mass is 10.2. The van der Waals surface area contributed by atoms with E-state index in [-0.39, 0.29) is 12.3 Å². The van der Waals surface area contributed by atoms with Gasteiger partial charge in [0.25, 0.3) is 0 Å². The molecular weight excluding hydrogens is 248 g/mol. The van der Waals surface area contributed by atoms with Crippen LogP contribution >= 0.6 is 0 Å². The van der Waals surface area contributed by atoms with Gasteiger partial charge in [0.05, 0.1) is 0 Å². The third-order valence-electron chi connectivity index (χ3n) is 2.07. The molecule has 0 aliphatic carbocycles. The van der Waals surface area contributed by atoms with Crippen molar-refractivity contribution in [2.75, 3.05) is 14.1 Å². The zero-order chi connectivity index (χ0) is 14.3. The normalized spacial score (nSPS) is 10.7. The maximum absolute atomic E-state index is 11.5. The molecule has 0 radical (unpaired) electrons. The number of nitrogens with one attached hydrogen (secondary N) is 1. The van der Waals surface area contributed by atoms with E-state index in [1.165, 1.54) is 11.1 Å². The van der Waals surface area contributed by atoms with Crippen LogP contribution in [0.3, 0.4) is 0 Å². The quantitative estimate of drug-likeness (QED) is 0.786. The molecule has 102 valence electrons. The van der Waals surface area contributed by atoms with Crippen molar-refractivity contribution in [1.29, 1.82) is 0 Å². The van der Waals surface area contributed by atoms with Gasteiger partial charge in [-0.2, -0.15) is 0 Å². The second kappa shape index (κ2) is 7.05. The fourth-order valence-corrected chi connectivity index (χ4v) is 1.27. The Kier molecular flexibility index (Phi) is 5.40. The van der Waals surface area contributed by atoms with E-state index in [0.717, 1.165) is 5.56 Å². The van der Waals surface area contributed by atoms with Crippen molar-refractivity contribution >= 4 is 12.1 Å². The average Bonchev–Trinajstić information content (AvgIpc) is 2.36. The van der Waals surface area contributed by atoms with E-state index in [0.29, 0.717) is 0 Å². The molecule has 1 rings (SSSR count). The minimum atomic E-state index is -1.23. The van der Waals surface area contributed by atoms with Gasteiger partial charge in [-0.3, -0.25) is 5.32 Å². The van der Waals surface area contributed by atoms with E-state index in [9.17, 15) is 9.59 Å². The van der Waals surface area contributed by atoms with Gasteiger partial charge in [-0.25, -0.2) is 9.59 Å². The number of benzene rings is 1. The summed E-state index contributed by atoms with van der Waals surface area (Å²) < 4.78 is 4.92. The summed E-state index contributed by atoms with van der Waals surface area (Å²) in [5, 5.41) is 11.1. The van der Waals surface area contributed by atoms with Gasteiger partial charge in [0.15, 0.2) is 0 Å². The van der Waals surface area contributed by atoms with Gasteiger partial charge in [-0.15, -0.1) is 0 Å². The van der Waals surface area contributed by atoms with Crippen LogP contribution in [0.15, 0.2) is 42.2 Å². The smallest absolute Gasteiger partial charge is 0.412 e. The first-order valence-corrected chi connectivity index (χ1v) is 5.58. The summed E-state index contributed by atoms with van der Waals surface area (Å²) in [4.78, 5) is 23.9. The van der Waals surface area contributed by atoms with Crippen LogP contribution in [-0.4, -0.2) is 36.2 Å². The van der Waals surface area contributed by atoms with Gasteiger partial charge in [0.2, 0.25) is 0 Å². The van der Waals surface area contributed by atoms with Crippen molar-refractivity contribution in [1.82, 2.24) is 10.2 Å². The van der Waals surface area contributed by atoms with Crippen LogP contribution in [0, 0.1) is 0 Å². The Morgan fingerprint density at radius 2 is 1.95 bits per heavy atom. The topological polar surface area (TPSA) is 78.9 Å². The van der Waals surface area contributed by atoms with Crippen LogP contribution < -0.4 is 5.32 Å². The first kappa shape index (κ1) is 14.6.